The van der Waals surface area contributed by atoms with Crippen molar-refractivity contribution in [3.05, 3.63) is 53.2 Å². The molecule has 0 unspecified atom stereocenters. The van der Waals surface area contributed by atoms with E-state index in [2.05, 4.69) is 30.3 Å². The molecule has 0 aliphatic carbocycles. The summed E-state index contributed by atoms with van der Waals surface area (Å²) < 4.78 is 99.5. The summed E-state index contributed by atoms with van der Waals surface area (Å²) in [4.78, 5) is 11.2. The van der Waals surface area contributed by atoms with E-state index in [-0.39, 0.29) is 18.2 Å². The summed E-state index contributed by atoms with van der Waals surface area (Å²) in [6.07, 6.45) is -9.65. The van der Waals surface area contributed by atoms with Gasteiger partial charge in [-0.05, 0) is 37.3 Å². The lowest BCUT2D eigenvalue weighted by molar-refractivity contribution is -0.154. The molecule has 0 fully saturated rings. The van der Waals surface area contributed by atoms with Crippen LogP contribution < -0.4 is 15.4 Å². The van der Waals surface area contributed by atoms with Gasteiger partial charge in [-0.2, -0.15) is 41.3 Å². The van der Waals surface area contributed by atoms with E-state index < -0.39 is 42.3 Å². The molecule has 0 spiro atoms. The second-order valence-electron chi connectivity index (χ2n) is 6.35. The van der Waals surface area contributed by atoms with Crippen LogP contribution in [0.25, 0.3) is 0 Å². The summed E-state index contributed by atoms with van der Waals surface area (Å²) in [5.41, 5.74) is -1.81. The minimum atomic E-state index is -4.96. The van der Waals surface area contributed by atoms with E-state index in [4.69, 9.17) is 4.42 Å². The fourth-order valence-electron chi connectivity index (χ4n) is 2.40. The number of hydrogen-bond donors (Lipinski definition) is 2. The van der Waals surface area contributed by atoms with Crippen molar-refractivity contribution in [3.8, 4) is 6.01 Å². The van der Waals surface area contributed by atoms with Gasteiger partial charge in [0.2, 0.25) is 11.9 Å². The van der Waals surface area contributed by atoms with Crippen LogP contribution in [0.3, 0.4) is 0 Å². The molecular formula is C18H14F7N5O2. The second-order valence-corrected chi connectivity index (χ2v) is 6.35. The Hall–Kier alpha value is -3.58. The first-order chi connectivity index (χ1) is 14.9. The Labute approximate surface area is 175 Å². The quantitative estimate of drug-likeness (QED) is 0.463. The predicted molar refractivity (Wildman–Crippen MR) is 96.8 cm³/mol. The van der Waals surface area contributed by atoms with E-state index in [0.717, 1.165) is 6.07 Å². The summed E-state index contributed by atoms with van der Waals surface area (Å²) >= 11 is 0. The molecule has 2 N–H and O–H groups in total. The number of anilines is 3. The second kappa shape index (κ2) is 8.88. The molecule has 3 aromatic rings. The molecule has 0 saturated carbocycles. The molecule has 7 nitrogen and oxygen atoms in total. The van der Waals surface area contributed by atoms with Crippen LogP contribution in [-0.4, -0.2) is 27.7 Å². The van der Waals surface area contributed by atoms with Gasteiger partial charge in [-0.3, -0.25) is 0 Å². The van der Waals surface area contributed by atoms with E-state index >= 15 is 0 Å². The van der Waals surface area contributed by atoms with Gasteiger partial charge in [-0.1, -0.05) is 0 Å². The molecule has 0 atom stereocenters. The topological polar surface area (TPSA) is 85.1 Å². The number of halogens is 7. The number of furan rings is 1. The van der Waals surface area contributed by atoms with Crippen LogP contribution in [-0.2, 0) is 12.7 Å². The third-order valence-electron chi connectivity index (χ3n) is 3.72. The van der Waals surface area contributed by atoms with Crippen LogP contribution in [0.15, 0.2) is 34.7 Å². The van der Waals surface area contributed by atoms with E-state index in [1.54, 1.807) is 19.1 Å². The lowest BCUT2D eigenvalue weighted by atomic mass is 10.2. The van der Waals surface area contributed by atoms with Crippen LogP contribution in [0, 0.1) is 12.7 Å². The van der Waals surface area contributed by atoms with Crippen molar-refractivity contribution in [1.82, 2.24) is 15.0 Å². The van der Waals surface area contributed by atoms with E-state index in [1.807, 2.05) is 0 Å². The highest BCUT2D eigenvalue weighted by molar-refractivity contribution is 5.56. The summed E-state index contributed by atoms with van der Waals surface area (Å²) in [5, 5.41) is 5.06. The molecule has 32 heavy (non-hydrogen) atoms. The van der Waals surface area contributed by atoms with Crippen molar-refractivity contribution in [2.24, 2.45) is 0 Å². The third-order valence-corrected chi connectivity index (χ3v) is 3.72. The minimum absolute atomic E-state index is 0.0464. The van der Waals surface area contributed by atoms with Gasteiger partial charge < -0.3 is 19.8 Å². The molecular weight excluding hydrogens is 451 g/mol. The summed E-state index contributed by atoms with van der Waals surface area (Å²) in [5.74, 6) is -1.10. The summed E-state index contributed by atoms with van der Waals surface area (Å²) in [7, 11) is 0. The Morgan fingerprint density at radius 1 is 0.969 bits per heavy atom. The Morgan fingerprint density at radius 3 is 2.31 bits per heavy atom. The SMILES string of the molecule is Cc1ccc(CNc2nc(Nc3ccc(F)c(C(F)(F)F)c3)nc(OCC(F)(F)F)n2)o1. The molecule has 0 aliphatic rings. The van der Waals surface area contributed by atoms with Crippen LogP contribution in [0.2, 0.25) is 0 Å². The van der Waals surface area contributed by atoms with Gasteiger partial charge in [-0.25, -0.2) is 4.39 Å². The lowest BCUT2D eigenvalue weighted by Gasteiger charge is -2.13. The van der Waals surface area contributed by atoms with Gasteiger partial charge in [0, 0.05) is 5.69 Å². The number of nitrogens with one attached hydrogen (secondary N) is 2. The largest absolute Gasteiger partial charge is 0.465 e. The molecule has 172 valence electrons. The first-order valence-corrected chi connectivity index (χ1v) is 8.77. The third kappa shape index (κ3) is 6.46. The van der Waals surface area contributed by atoms with Crippen molar-refractivity contribution in [2.45, 2.75) is 25.8 Å². The first-order valence-electron chi connectivity index (χ1n) is 8.77. The summed E-state index contributed by atoms with van der Waals surface area (Å²) in [6.45, 7) is 0.0439. The number of benzene rings is 1. The first kappa shape index (κ1) is 23.1. The van der Waals surface area contributed by atoms with Crippen molar-refractivity contribution in [3.63, 3.8) is 0 Å². The van der Waals surface area contributed by atoms with E-state index in [9.17, 15) is 30.7 Å². The van der Waals surface area contributed by atoms with Crippen molar-refractivity contribution in [1.29, 1.82) is 0 Å². The molecule has 0 bridgehead atoms. The van der Waals surface area contributed by atoms with Gasteiger partial charge >= 0.3 is 18.4 Å². The number of alkyl halides is 6. The van der Waals surface area contributed by atoms with Crippen molar-refractivity contribution in [2.75, 3.05) is 17.2 Å². The highest BCUT2D eigenvalue weighted by Crippen LogP contribution is 2.33. The Morgan fingerprint density at radius 2 is 1.69 bits per heavy atom. The van der Waals surface area contributed by atoms with Gasteiger partial charge in [0.15, 0.2) is 6.61 Å². The monoisotopic (exact) mass is 465 g/mol. The van der Waals surface area contributed by atoms with Crippen molar-refractivity contribution >= 4 is 17.6 Å². The lowest BCUT2D eigenvalue weighted by Crippen LogP contribution is -2.21. The Bertz CT molecular complexity index is 1080. The highest BCUT2D eigenvalue weighted by atomic mass is 19.4. The zero-order valence-electron chi connectivity index (χ0n) is 16.1. The number of hydrogen-bond acceptors (Lipinski definition) is 7. The zero-order chi connectivity index (χ0) is 23.5. The van der Waals surface area contributed by atoms with Crippen LogP contribution in [0.1, 0.15) is 17.1 Å². The minimum Gasteiger partial charge on any atom is -0.465 e. The molecule has 0 radical (unpaired) electrons. The Balaban J connectivity index is 1.86. The fraction of sp³-hybridized carbons (Fsp3) is 0.278. The molecule has 14 heteroatoms. The molecule has 0 amide bonds. The molecule has 2 heterocycles. The van der Waals surface area contributed by atoms with Crippen LogP contribution in [0.4, 0.5) is 48.3 Å². The molecule has 2 aromatic heterocycles. The molecule has 0 saturated heterocycles. The van der Waals surface area contributed by atoms with E-state index in [0.29, 0.717) is 23.7 Å². The van der Waals surface area contributed by atoms with Gasteiger partial charge in [0.25, 0.3) is 0 Å². The predicted octanol–water partition coefficient (Wildman–Crippen LogP) is 5.23. The van der Waals surface area contributed by atoms with Crippen molar-refractivity contribution < 1.29 is 39.9 Å². The van der Waals surface area contributed by atoms with Crippen LogP contribution in [0.5, 0.6) is 6.01 Å². The standard InChI is InChI=1S/C18H14F7N5O2/c1-9-2-4-11(32-9)7-26-14-28-15(30-16(29-14)31-8-17(20,21)22)27-10-3-5-13(19)12(6-10)18(23,24)25/h2-6H,7-8H2,1H3,(H2,26,27,28,29,30). The maximum atomic E-state index is 13.5. The maximum absolute atomic E-state index is 13.5. The number of ether oxygens (including phenoxy) is 1. The van der Waals surface area contributed by atoms with Crippen LogP contribution >= 0.6 is 0 Å². The smallest absolute Gasteiger partial charge is 0.422 e. The zero-order valence-corrected chi connectivity index (χ0v) is 16.1. The van der Waals surface area contributed by atoms with E-state index in [1.165, 1.54) is 0 Å². The fourth-order valence-corrected chi connectivity index (χ4v) is 2.40. The normalized spacial score (nSPS) is 12.0. The average Bonchev–Trinajstić information content (AvgIpc) is 3.10. The van der Waals surface area contributed by atoms with Gasteiger partial charge in [0.05, 0.1) is 12.1 Å². The average molecular weight is 465 g/mol. The highest BCUT2D eigenvalue weighted by Gasteiger charge is 2.34. The number of aromatic nitrogens is 3. The molecule has 0 aliphatic heterocycles. The molecule has 3 rings (SSSR count). The number of nitrogens with zero attached hydrogens (tertiary/aromatic N) is 3. The van der Waals surface area contributed by atoms with Gasteiger partial charge in [-0.15, -0.1) is 0 Å². The number of aryl methyl sites for hydroxylation is 1. The summed E-state index contributed by atoms with van der Waals surface area (Å²) in [6, 6.07) is 4.60. The number of rotatable bonds is 7. The molecule has 1 aromatic carbocycles. The maximum Gasteiger partial charge on any atom is 0.422 e. The van der Waals surface area contributed by atoms with Gasteiger partial charge in [0.1, 0.15) is 17.3 Å². The Kier molecular flexibility index (Phi) is 6.41.